The third-order valence-electron chi connectivity index (χ3n) is 7.70. The summed E-state index contributed by atoms with van der Waals surface area (Å²) in [6.07, 6.45) is 3.50. The fourth-order valence-electron chi connectivity index (χ4n) is 6.06. The van der Waals surface area contributed by atoms with Crippen molar-refractivity contribution in [2.75, 3.05) is 7.11 Å². The average Bonchev–Trinajstić information content (AvgIpc) is 3.02. The van der Waals surface area contributed by atoms with Crippen molar-refractivity contribution in [3.8, 4) is 11.5 Å². The van der Waals surface area contributed by atoms with E-state index in [4.69, 9.17) is 4.74 Å². The summed E-state index contributed by atoms with van der Waals surface area (Å²) in [5, 5.41) is 10.4. The summed E-state index contributed by atoms with van der Waals surface area (Å²) in [5.74, 6) is -1.43. The van der Waals surface area contributed by atoms with E-state index in [1.165, 1.54) is 29.6 Å². The zero-order valence-corrected chi connectivity index (χ0v) is 20.7. The van der Waals surface area contributed by atoms with Crippen molar-refractivity contribution in [3.05, 3.63) is 66.4 Å². The Balaban J connectivity index is 1.82. The number of nitrogens with zero attached hydrogens (tertiary/aromatic N) is 3. The van der Waals surface area contributed by atoms with E-state index in [1.807, 2.05) is 6.08 Å². The summed E-state index contributed by atoms with van der Waals surface area (Å²) >= 11 is 3.37. The lowest BCUT2D eigenvalue weighted by molar-refractivity contribution is -0.139. The minimum absolute atomic E-state index is 0.0758. The lowest BCUT2D eigenvalue weighted by Crippen LogP contribution is -2.54. The van der Waals surface area contributed by atoms with E-state index in [0.29, 0.717) is 15.6 Å². The molecule has 1 fully saturated rings. The summed E-state index contributed by atoms with van der Waals surface area (Å²) < 4.78 is 9.59. The normalized spacial score (nSPS) is 28.0. The molecule has 1 saturated carbocycles. The molecule has 0 unspecified atom stereocenters. The zero-order chi connectivity index (χ0) is 24.7. The second-order valence-corrected chi connectivity index (χ2v) is 10.2. The van der Waals surface area contributed by atoms with E-state index in [-0.39, 0.29) is 36.0 Å². The van der Waals surface area contributed by atoms with Gasteiger partial charge in [0.2, 0.25) is 0 Å². The molecule has 0 bridgehead atoms. The third-order valence-corrected chi connectivity index (χ3v) is 8.30. The number of benzene rings is 1. The number of ketones is 2. The van der Waals surface area contributed by atoms with Gasteiger partial charge >= 0.3 is 11.4 Å². The molecule has 9 nitrogen and oxygen atoms in total. The Labute approximate surface area is 203 Å². The van der Waals surface area contributed by atoms with Crippen LogP contribution in [0.1, 0.15) is 37.8 Å². The SMILES string of the molecule is COc1cc([C@H]2C3=CCn4c(=O)n(C)c(=O)n4[C@@H]3C[C@H]3C(=O)C=C(C)C(=O)[C@@]23C)cc(Br)c1O. The molecule has 4 atom stereocenters. The Morgan fingerprint density at radius 2 is 1.88 bits per heavy atom. The number of phenols is 1. The Morgan fingerprint density at radius 3 is 2.56 bits per heavy atom. The van der Waals surface area contributed by atoms with Crippen molar-refractivity contribution in [3.63, 3.8) is 0 Å². The fraction of sp³-hybridized carbons (Fsp3) is 0.417. The molecule has 5 rings (SSSR count). The molecule has 1 aromatic carbocycles. The molecule has 1 aromatic heterocycles. The number of carbonyl (C=O) groups is 2. The molecule has 3 aliphatic rings. The number of ether oxygens (including phenoxy) is 1. The van der Waals surface area contributed by atoms with Gasteiger partial charge in [-0.3, -0.25) is 9.59 Å². The van der Waals surface area contributed by atoms with Crippen molar-refractivity contribution in [1.82, 2.24) is 13.9 Å². The average molecular weight is 530 g/mol. The minimum atomic E-state index is -1.11. The van der Waals surface area contributed by atoms with Gasteiger partial charge in [-0.25, -0.2) is 23.5 Å². The van der Waals surface area contributed by atoms with Gasteiger partial charge in [-0.2, -0.15) is 0 Å². The quantitative estimate of drug-likeness (QED) is 0.596. The van der Waals surface area contributed by atoms with Gasteiger partial charge in [0.15, 0.2) is 23.1 Å². The number of Topliss-reactive ketones (excluding diaryl/α,β-unsaturated/α-hetero) is 1. The molecular weight excluding hydrogens is 506 g/mol. The molecule has 2 heterocycles. The number of carbonyl (C=O) groups excluding carboxylic acids is 2. The highest BCUT2D eigenvalue weighted by atomic mass is 79.9. The van der Waals surface area contributed by atoms with Gasteiger partial charge in [-0.15, -0.1) is 0 Å². The molecular formula is C24H24BrN3O6. The summed E-state index contributed by atoms with van der Waals surface area (Å²) in [5.41, 5.74) is -0.153. The molecule has 2 aliphatic carbocycles. The first kappa shape index (κ1) is 22.6. The number of phenolic OH excluding ortho intramolecular Hbond substituents is 1. The van der Waals surface area contributed by atoms with E-state index in [9.17, 15) is 24.3 Å². The monoisotopic (exact) mass is 529 g/mol. The summed E-state index contributed by atoms with van der Waals surface area (Å²) in [6.45, 7) is 3.62. The van der Waals surface area contributed by atoms with E-state index in [1.54, 1.807) is 26.0 Å². The molecule has 10 heteroatoms. The van der Waals surface area contributed by atoms with Crippen LogP contribution in [0, 0.1) is 11.3 Å². The Hall–Kier alpha value is -3.14. The Kier molecular flexibility index (Phi) is 4.95. The van der Waals surface area contributed by atoms with Crippen molar-refractivity contribution >= 4 is 27.5 Å². The standard InChI is InChI=1S/C24H24BrN3O6/c1-11-7-17(29)14-10-16-13(5-6-27-22(32)26(3)23(33)28(16)27)19(24(14,2)21(11)31)12-8-15(25)20(30)18(9-12)34-4/h5,7-9,14,16,19,30H,6,10H2,1-4H3/t14-,16+,19-,24+/m0/s1. The maximum Gasteiger partial charge on any atom is 0.347 e. The van der Waals surface area contributed by atoms with Gasteiger partial charge in [-0.1, -0.05) is 13.0 Å². The van der Waals surface area contributed by atoms with Crippen LogP contribution >= 0.6 is 15.9 Å². The fourth-order valence-corrected chi connectivity index (χ4v) is 6.52. The van der Waals surface area contributed by atoms with Crippen molar-refractivity contribution in [1.29, 1.82) is 0 Å². The van der Waals surface area contributed by atoms with Crippen LogP contribution in [0.2, 0.25) is 0 Å². The molecule has 0 spiro atoms. The first-order valence-electron chi connectivity index (χ1n) is 10.9. The number of rotatable bonds is 2. The lowest BCUT2D eigenvalue weighted by Gasteiger charge is -2.52. The van der Waals surface area contributed by atoms with Crippen LogP contribution in [0.3, 0.4) is 0 Å². The van der Waals surface area contributed by atoms with Crippen LogP contribution < -0.4 is 16.1 Å². The molecule has 1 N–H and O–H groups in total. The maximum absolute atomic E-state index is 13.7. The summed E-state index contributed by atoms with van der Waals surface area (Å²) in [6, 6.07) is 2.81. The number of aromatic hydroxyl groups is 1. The van der Waals surface area contributed by atoms with Crippen LogP contribution in [-0.4, -0.2) is 37.7 Å². The highest BCUT2D eigenvalue weighted by Gasteiger charge is 2.59. The number of allylic oxidation sites excluding steroid dienone is 4. The molecule has 0 amide bonds. The van der Waals surface area contributed by atoms with Crippen LogP contribution in [0.4, 0.5) is 0 Å². The van der Waals surface area contributed by atoms with Gasteiger partial charge in [0, 0.05) is 18.9 Å². The highest BCUT2D eigenvalue weighted by molar-refractivity contribution is 9.10. The van der Waals surface area contributed by atoms with Crippen molar-refractivity contribution < 1.29 is 19.4 Å². The molecule has 34 heavy (non-hydrogen) atoms. The van der Waals surface area contributed by atoms with E-state index >= 15 is 0 Å². The van der Waals surface area contributed by atoms with Crippen molar-refractivity contribution in [2.45, 2.75) is 38.8 Å². The zero-order valence-electron chi connectivity index (χ0n) is 19.2. The second kappa shape index (κ2) is 7.43. The van der Waals surface area contributed by atoms with Gasteiger partial charge in [0.25, 0.3) is 0 Å². The molecule has 178 valence electrons. The van der Waals surface area contributed by atoms with Crippen LogP contribution in [0.5, 0.6) is 11.5 Å². The van der Waals surface area contributed by atoms with Gasteiger partial charge < -0.3 is 9.84 Å². The van der Waals surface area contributed by atoms with E-state index in [2.05, 4.69) is 15.9 Å². The van der Waals surface area contributed by atoms with Gasteiger partial charge in [0.05, 0.1) is 29.6 Å². The largest absolute Gasteiger partial charge is 0.503 e. The Morgan fingerprint density at radius 1 is 1.18 bits per heavy atom. The van der Waals surface area contributed by atoms with Crippen LogP contribution in [0.25, 0.3) is 0 Å². The van der Waals surface area contributed by atoms with Crippen LogP contribution in [0.15, 0.2) is 49.5 Å². The van der Waals surface area contributed by atoms with Gasteiger partial charge in [0.1, 0.15) is 0 Å². The molecule has 0 saturated heterocycles. The minimum Gasteiger partial charge on any atom is -0.503 e. The number of methoxy groups -OCH3 is 1. The van der Waals surface area contributed by atoms with E-state index < -0.39 is 34.7 Å². The number of hydrogen-bond donors (Lipinski definition) is 1. The lowest BCUT2D eigenvalue weighted by atomic mass is 9.51. The number of hydrogen-bond acceptors (Lipinski definition) is 6. The molecule has 0 radical (unpaired) electrons. The Bertz CT molecular complexity index is 1460. The predicted molar refractivity (Wildman–Crippen MR) is 126 cm³/mol. The van der Waals surface area contributed by atoms with Crippen LogP contribution in [-0.2, 0) is 23.2 Å². The van der Waals surface area contributed by atoms with Crippen molar-refractivity contribution in [2.24, 2.45) is 18.4 Å². The molecule has 1 aliphatic heterocycles. The number of halogens is 1. The summed E-state index contributed by atoms with van der Waals surface area (Å²) in [4.78, 5) is 52.6. The number of fused-ring (bicyclic) bond motifs is 4. The topological polar surface area (TPSA) is 113 Å². The molecule has 2 aromatic rings. The smallest absolute Gasteiger partial charge is 0.347 e. The first-order valence-corrected chi connectivity index (χ1v) is 11.7. The second-order valence-electron chi connectivity index (χ2n) is 9.39. The maximum atomic E-state index is 13.7. The highest BCUT2D eigenvalue weighted by Crippen LogP contribution is 2.60. The summed E-state index contributed by atoms with van der Waals surface area (Å²) in [7, 11) is 2.86. The first-order chi connectivity index (χ1) is 16.0. The van der Waals surface area contributed by atoms with E-state index in [0.717, 1.165) is 10.1 Å². The van der Waals surface area contributed by atoms with Gasteiger partial charge in [-0.05, 0) is 64.2 Å². The predicted octanol–water partition coefficient (Wildman–Crippen LogP) is 2.21. The number of aromatic nitrogens is 3. The third kappa shape index (κ3) is 2.77.